The molecular weight excluding hydrogens is 414 g/mol. The van der Waals surface area contributed by atoms with E-state index in [1.807, 2.05) is 6.07 Å². The Morgan fingerprint density at radius 3 is 2.26 bits per heavy atom. The SMILES string of the molecule is N#Cc1ccc(S(=O)(=O)N(Cc2ccccn2)C2(c3ccc(C(=O)O)cc3)CC2)cc1. The van der Waals surface area contributed by atoms with Crippen molar-refractivity contribution in [2.75, 3.05) is 0 Å². The van der Waals surface area contributed by atoms with Gasteiger partial charge in [0.25, 0.3) is 0 Å². The Kier molecular flexibility index (Phi) is 5.31. The quantitative estimate of drug-likeness (QED) is 0.610. The molecule has 1 aromatic heterocycles. The maximum absolute atomic E-state index is 13.7. The minimum Gasteiger partial charge on any atom is -0.478 e. The third-order valence-electron chi connectivity index (χ3n) is 5.47. The third kappa shape index (κ3) is 3.93. The summed E-state index contributed by atoms with van der Waals surface area (Å²) in [5.74, 6) is -1.04. The van der Waals surface area contributed by atoms with Gasteiger partial charge < -0.3 is 5.11 Å². The van der Waals surface area contributed by atoms with E-state index in [4.69, 9.17) is 5.26 Å². The van der Waals surface area contributed by atoms with Crippen molar-refractivity contribution in [3.8, 4) is 6.07 Å². The van der Waals surface area contributed by atoms with Gasteiger partial charge in [0.05, 0.1) is 39.9 Å². The number of pyridine rings is 1. The molecule has 0 amide bonds. The molecule has 7 nitrogen and oxygen atoms in total. The molecule has 1 aliphatic carbocycles. The number of hydrogen-bond acceptors (Lipinski definition) is 5. The van der Waals surface area contributed by atoms with Gasteiger partial charge in [-0.1, -0.05) is 18.2 Å². The van der Waals surface area contributed by atoms with E-state index in [9.17, 15) is 18.3 Å². The lowest BCUT2D eigenvalue weighted by atomic mass is 10.0. The molecule has 4 rings (SSSR count). The van der Waals surface area contributed by atoms with Gasteiger partial charge in [0.1, 0.15) is 0 Å². The van der Waals surface area contributed by atoms with Crippen LogP contribution < -0.4 is 0 Å². The van der Waals surface area contributed by atoms with Gasteiger partial charge in [-0.15, -0.1) is 0 Å². The van der Waals surface area contributed by atoms with Crippen LogP contribution in [0.15, 0.2) is 77.8 Å². The van der Waals surface area contributed by atoms with Gasteiger partial charge in [0.2, 0.25) is 10.0 Å². The highest BCUT2D eigenvalue weighted by atomic mass is 32.2. The molecule has 0 radical (unpaired) electrons. The Morgan fingerprint density at radius 2 is 1.74 bits per heavy atom. The van der Waals surface area contributed by atoms with E-state index in [0.717, 1.165) is 5.56 Å². The molecule has 3 aromatic rings. The van der Waals surface area contributed by atoms with E-state index in [2.05, 4.69) is 4.98 Å². The van der Waals surface area contributed by atoms with Crippen LogP contribution in [0.1, 0.15) is 40.0 Å². The average Bonchev–Trinajstić information content (AvgIpc) is 3.60. The van der Waals surface area contributed by atoms with Crippen molar-refractivity contribution < 1.29 is 18.3 Å². The van der Waals surface area contributed by atoms with Crippen LogP contribution in [0.3, 0.4) is 0 Å². The molecule has 2 aromatic carbocycles. The predicted molar refractivity (Wildman–Crippen MR) is 112 cm³/mol. The van der Waals surface area contributed by atoms with E-state index in [1.54, 1.807) is 36.5 Å². The highest BCUT2D eigenvalue weighted by Crippen LogP contribution is 2.53. The van der Waals surface area contributed by atoms with Gasteiger partial charge in [-0.25, -0.2) is 13.2 Å². The molecule has 156 valence electrons. The molecule has 0 spiro atoms. The van der Waals surface area contributed by atoms with Gasteiger partial charge in [-0.3, -0.25) is 4.98 Å². The van der Waals surface area contributed by atoms with E-state index in [0.29, 0.717) is 24.1 Å². The van der Waals surface area contributed by atoms with Gasteiger partial charge in [-0.05, 0) is 66.9 Å². The molecule has 1 heterocycles. The summed E-state index contributed by atoms with van der Waals surface area (Å²) >= 11 is 0. The second-order valence-electron chi connectivity index (χ2n) is 7.38. The smallest absolute Gasteiger partial charge is 0.335 e. The Morgan fingerprint density at radius 1 is 1.06 bits per heavy atom. The fraction of sp³-hybridized carbons (Fsp3) is 0.174. The van der Waals surface area contributed by atoms with Crippen molar-refractivity contribution in [3.63, 3.8) is 0 Å². The van der Waals surface area contributed by atoms with Crippen LogP contribution in [0.4, 0.5) is 0 Å². The number of sulfonamides is 1. The lowest BCUT2D eigenvalue weighted by molar-refractivity contribution is 0.0696. The Labute approximate surface area is 180 Å². The number of carboxylic acid groups (broad SMARTS) is 1. The number of benzene rings is 2. The molecule has 1 fully saturated rings. The molecule has 1 N–H and O–H groups in total. The Balaban J connectivity index is 1.79. The fourth-order valence-corrected chi connectivity index (χ4v) is 5.44. The first-order valence-corrected chi connectivity index (χ1v) is 11.1. The van der Waals surface area contributed by atoms with Crippen molar-refractivity contribution >= 4 is 16.0 Å². The highest BCUT2D eigenvalue weighted by Gasteiger charge is 2.54. The molecule has 1 saturated carbocycles. The molecule has 1 aliphatic rings. The van der Waals surface area contributed by atoms with Crippen molar-refractivity contribution in [1.82, 2.24) is 9.29 Å². The molecule has 0 aliphatic heterocycles. The third-order valence-corrected chi connectivity index (χ3v) is 7.40. The lowest BCUT2D eigenvalue weighted by Gasteiger charge is -2.31. The fourth-order valence-electron chi connectivity index (χ4n) is 3.66. The summed E-state index contributed by atoms with van der Waals surface area (Å²) < 4.78 is 28.8. The first-order valence-electron chi connectivity index (χ1n) is 9.64. The van der Waals surface area contributed by atoms with Gasteiger partial charge >= 0.3 is 5.97 Å². The second-order valence-corrected chi connectivity index (χ2v) is 9.25. The summed E-state index contributed by atoms with van der Waals surface area (Å²) in [7, 11) is -3.93. The molecule has 8 heteroatoms. The summed E-state index contributed by atoms with van der Waals surface area (Å²) in [6, 6.07) is 19.5. The number of aromatic carboxylic acids is 1. The number of nitrogens with zero attached hydrogens (tertiary/aromatic N) is 3. The Bertz CT molecular complexity index is 1240. The van der Waals surface area contributed by atoms with Crippen LogP contribution in [-0.4, -0.2) is 28.8 Å². The summed E-state index contributed by atoms with van der Waals surface area (Å²) in [6.45, 7) is 0.0733. The zero-order chi connectivity index (χ0) is 22.1. The number of rotatable bonds is 7. The van der Waals surface area contributed by atoms with Crippen LogP contribution in [0.2, 0.25) is 0 Å². The van der Waals surface area contributed by atoms with Crippen molar-refractivity contribution in [2.24, 2.45) is 0 Å². The number of carbonyl (C=O) groups is 1. The van der Waals surface area contributed by atoms with Gasteiger partial charge in [0.15, 0.2) is 0 Å². The monoisotopic (exact) mass is 433 g/mol. The number of hydrogen-bond donors (Lipinski definition) is 1. The molecule has 31 heavy (non-hydrogen) atoms. The summed E-state index contributed by atoms with van der Waals surface area (Å²) in [4.78, 5) is 15.6. The summed E-state index contributed by atoms with van der Waals surface area (Å²) in [6.07, 6.45) is 2.84. The normalized spacial score (nSPS) is 14.7. The standard InChI is InChI=1S/C23H19N3O4S/c24-15-17-4-10-21(11-5-17)31(29,30)26(16-20-3-1-2-14-25-20)23(12-13-23)19-8-6-18(7-9-19)22(27)28/h1-11,14H,12-13,16H2,(H,27,28). The Hall–Kier alpha value is -3.54. The van der Waals surface area contributed by atoms with Crippen LogP contribution >= 0.6 is 0 Å². The summed E-state index contributed by atoms with van der Waals surface area (Å²) in [5.41, 5.74) is 1.09. The molecule has 0 atom stereocenters. The topological polar surface area (TPSA) is 111 Å². The number of nitriles is 1. The largest absolute Gasteiger partial charge is 0.478 e. The second kappa shape index (κ2) is 7.95. The van der Waals surface area contributed by atoms with E-state index >= 15 is 0 Å². The first kappa shape index (κ1) is 20.7. The predicted octanol–water partition coefficient (Wildman–Crippen LogP) is 3.53. The van der Waals surface area contributed by atoms with Crippen LogP contribution in [0.5, 0.6) is 0 Å². The minimum absolute atomic E-state index is 0.0733. The molecule has 0 unspecified atom stereocenters. The van der Waals surface area contributed by atoms with Crippen molar-refractivity contribution in [2.45, 2.75) is 29.8 Å². The van der Waals surface area contributed by atoms with Crippen molar-refractivity contribution in [1.29, 1.82) is 5.26 Å². The number of carboxylic acids is 1. The van der Waals surface area contributed by atoms with Crippen LogP contribution in [0, 0.1) is 11.3 Å². The lowest BCUT2D eigenvalue weighted by Crippen LogP contribution is -2.40. The highest BCUT2D eigenvalue weighted by molar-refractivity contribution is 7.89. The van der Waals surface area contributed by atoms with E-state index in [1.165, 1.54) is 40.7 Å². The molecule has 0 bridgehead atoms. The van der Waals surface area contributed by atoms with E-state index in [-0.39, 0.29) is 17.0 Å². The molecular formula is C23H19N3O4S. The number of aromatic nitrogens is 1. The zero-order valence-corrected chi connectivity index (χ0v) is 17.3. The average molecular weight is 433 g/mol. The van der Waals surface area contributed by atoms with Gasteiger partial charge in [-0.2, -0.15) is 9.57 Å². The first-order chi connectivity index (χ1) is 14.9. The summed E-state index contributed by atoms with van der Waals surface area (Å²) in [5, 5.41) is 18.2. The van der Waals surface area contributed by atoms with Crippen LogP contribution in [-0.2, 0) is 22.1 Å². The maximum Gasteiger partial charge on any atom is 0.335 e. The van der Waals surface area contributed by atoms with Crippen molar-refractivity contribution in [3.05, 3.63) is 95.3 Å². The van der Waals surface area contributed by atoms with Gasteiger partial charge in [0, 0.05) is 6.20 Å². The van der Waals surface area contributed by atoms with Crippen LogP contribution in [0.25, 0.3) is 0 Å². The zero-order valence-electron chi connectivity index (χ0n) is 16.5. The minimum atomic E-state index is -3.93. The molecule has 0 saturated heterocycles. The van der Waals surface area contributed by atoms with E-state index < -0.39 is 21.5 Å². The maximum atomic E-state index is 13.7.